The molecule has 0 saturated carbocycles. The van der Waals surface area contributed by atoms with Crippen molar-refractivity contribution in [3.05, 3.63) is 29.3 Å². The number of fused-ring (bicyclic) bond motifs is 1. The molecule has 110 valence electrons. The molecule has 0 atom stereocenters. The van der Waals surface area contributed by atoms with Gasteiger partial charge in [0.25, 0.3) is 0 Å². The first-order valence-electron chi connectivity index (χ1n) is 6.18. The Morgan fingerprint density at radius 2 is 2.00 bits per heavy atom. The minimum Gasteiger partial charge on any atom is -0.491 e. The molecule has 1 aliphatic rings. The topological polar surface area (TPSA) is 51.1 Å². The Morgan fingerprint density at radius 1 is 1.20 bits per heavy atom. The van der Waals surface area contributed by atoms with Gasteiger partial charge in [-0.2, -0.15) is 0 Å². The van der Waals surface area contributed by atoms with Gasteiger partial charge in [0.15, 0.2) is 0 Å². The lowest BCUT2D eigenvalue weighted by Crippen LogP contribution is -2.19. The van der Waals surface area contributed by atoms with Gasteiger partial charge in [0.2, 0.25) is 0 Å². The van der Waals surface area contributed by atoms with E-state index in [9.17, 15) is 13.2 Å². The molecule has 4 nitrogen and oxygen atoms in total. The van der Waals surface area contributed by atoms with Crippen LogP contribution in [-0.4, -0.2) is 30.5 Å². The van der Waals surface area contributed by atoms with Crippen molar-refractivity contribution < 1.29 is 27.9 Å². The standard InChI is InChI=1S/C13H14F3NO3/c14-13(15,16)20-8-7-19-12-6-2-3-9-10(12)4-1-5-11(9)17-18/h2-3,6,18H,1,4-5,7-8H2. The van der Waals surface area contributed by atoms with E-state index in [1.165, 1.54) is 0 Å². The number of nitrogens with zero attached hydrogens (tertiary/aromatic N) is 1. The fourth-order valence-corrected chi connectivity index (χ4v) is 2.21. The van der Waals surface area contributed by atoms with Crippen molar-refractivity contribution in [2.75, 3.05) is 13.2 Å². The van der Waals surface area contributed by atoms with Crippen LogP contribution in [0.4, 0.5) is 13.2 Å². The Morgan fingerprint density at radius 3 is 2.70 bits per heavy atom. The number of hydrogen-bond donors (Lipinski definition) is 1. The highest BCUT2D eigenvalue weighted by Crippen LogP contribution is 2.30. The van der Waals surface area contributed by atoms with Crippen molar-refractivity contribution in [2.24, 2.45) is 5.16 Å². The number of alkyl halides is 3. The first-order valence-corrected chi connectivity index (χ1v) is 6.18. The molecule has 1 N–H and O–H groups in total. The molecular weight excluding hydrogens is 275 g/mol. The maximum atomic E-state index is 11.8. The minimum atomic E-state index is -4.64. The van der Waals surface area contributed by atoms with Crippen LogP contribution in [0.3, 0.4) is 0 Å². The molecular formula is C13H14F3NO3. The summed E-state index contributed by atoms with van der Waals surface area (Å²) >= 11 is 0. The minimum absolute atomic E-state index is 0.193. The van der Waals surface area contributed by atoms with Crippen LogP contribution in [0.5, 0.6) is 5.75 Å². The highest BCUT2D eigenvalue weighted by atomic mass is 19.4. The third kappa shape index (κ3) is 3.63. The summed E-state index contributed by atoms with van der Waals surface area (Å²) in [6.07, 6.45) is -2.42. The van der Waals surface area contributed by atoms with Crippen LogP contribution >= 0.6 is 0 Å². The molecule has 0 unspecified atom stereocenters. The molecule has 0 saturated heterocycles. The number of hydrogen-bond acceptors (Lipinski definition) is 4. The fourth-order valence-electron chi connectivity index (χ4n) is 2.21. The third-order valence-electron chi connectivity index (χ3n) is 3.01. The van der Waals surface area contributed by atoms with E-state index in [0.717, 1.165) is 24.0 Å². The van der Waals surface area contributed by atoms with Crippen LogP contribution < -0.4 is 4.74 Å². The molecule has 0 radical (unpaired) electrons. The van der Waals surface area contributed by atoms with Crippen molar-refractivity contribution in [3.63, 3.8) is 0 Å². The van der Waals surface area contributed by atoms with E-state index in [4.69, 9.17) is 9.94 Å². The van der Waals surface area contributed by atoms with Gasteiger partial charge in [0, 0.05) is 11.1 Å². The molecule has 2 rings (SSSR count). The first-order chi connectivity index (χ1) is 9.51. The van der Waals surface area contributed by atoms with E-state index in [2.05, 4.69) is 9.89 Å². The van der Waals surface area contributed by atoms with E-state index in [1.54, 1.807) is 12.1 Å². The van der Waals surface area contributed by atoms with E-state index in [0.29, 0.717) is 17.9 Å². The van der Waals surface area contributed by atoms with Crippen LogP contribution in [0.1, 0.15) is 24.0 Å². The second-order valence-corrected chi connectivity index (χ2v) is 4.33. The van der Waals surface area contributed by atoms with Gasteiger partial charge in [-0.15, -0.1) is 13.2 Å². The van der Waals surface area contributed by atoms with E-state index in [-0.39, 0.29) is 6.61 Å². The summed E-state index contributed by atoms with van der Waals surface area (Å²) in [4.78, 5) is 0. The largest absolute Gasteiger partial charge is 0.522 e. The maximum absolute atomic E-state index is 11.8. The normalized spacial score (nSPS) is 17.1. The Labute approximate surface area is 113 Å². The molecule has 0 aromatic heterocycles. The monoisotopic (exact) mass is 289 g/mol. The highest BCUT2D eigenvalue weighted by Gasteiger charge is 2.28. The van der Waals surface area contributed by atoms with Crippen molar-refractivity contribution in [1.29, 1.82) is 0 Å². The zero-order valence-electron chi connectivity index (χ0n) is 10.6. The van der Waals surface area contributed by atoms with E-state index >= 15 is 0 Å². The molecule has 1 aromatic carbocycles. The smallest absolute Gasteiger partial charge is 0.491 e. The number of rotatable bonds is 4. The van der Waals surface area contributed by atoms with Crippen LogP contribution in [0.25, 0.3) is 0 Å². The molecule has 1 aromatic rings. The predicted octanol–water partition coefficient (Wildman–Crippen LogP) is 3.12. The average molecular weight is 289 g/mol. The molecule has 0 heterocycles. The molecule has 1 aliphatic carbocycles. The predicted molar refractivity (Wildman–Crippen MR) is 65.2 cm³/mol. The molecule has 0 fully saturated rings. The van der Waals surface area contributed by atoms with E-state index in [1.807, 2.05) is 6.07 Å². The van der Waals surface area contributed by atoms with Crippen molar-refractivity contribution in [1.82, 2.24) is 0 Å². The van der Waals surface area contributed by atoms with Crippen molar-refractivity contribution in [2.45, 2.75) is 25.6 Å². The average Bonchev–Trinajstić information content (AvgIpc) is 2.42. The van der Waals surface area contributed by atoms with Gasteiger partial charge < -0.3 is 9.94 Å². The summed E-state index contributed by atoms with van der Waals surface area (Å²) in [6.45, 7) is -0.754. The van der Waals surface area contributed by atoms with Crippen molar-refractivity contribution >= 4 is 5.71 Å². The Balaban J connectivity index is 2.03. The van der Waals surface area contributed by atoms with Gasteiger partial charge in [0.1, 0.15) is 12.4 Å². The number of ether oxygens (including phenoxy) is 2. The fraction of sp³-hybridized carbons (Fsp3) is 0.462. The van der Waals surface area contributed by atoms with Gasteiger partial charge in [-0.05, 0) is 25.3 Å². The van der Waals surface area contributed by atoms with Gasteiger partial charge in [-0.1, -0.05) is 17.3 Å². The lowest BCUT2D eigenvalue weighted by atomic mass is 9.89. The summed E-state index contributed by atoms with van der Waals surface area (Å²) in [6, 6.07) is 5.21. The van der Waals surface area contributed by atoms with Gasteiger partial charge in [0.05, 0.1) is 12.3 Å². The summed E-state index contributed by atoms with van der Waals surface area (Å²) < 4.78 is 44.5. The van der Waals surface area contributed by atoms with Crippen LogP contribution in [0.15, 0.2) is 23.4 Å². The lowest BCUT2D eigenvalue weighted by molar-refractivity contribution is -0.325. The summed E-state index contributed by atoms with van der Waals surface area (Å²) in [5, 5.41) is 12.2. The van der Waals surface area contributed by atoms with Gasteiger partial charge in [-0.25, -0.2) is 0 Å². The van der Waals surface area contributed by atoms with Gasteiger partial charge >= 0.3 is 6.36 Å². The quantitative estimate of drug-likeness (QED) is 0.526. The summed E-state index contributed by atoms with van der Waals surface area (Å²) in [7, 11) is 0. The Kier molecular flexibility index (Phi) is 4.49. The zero-order chi connectivity index (χ0) is 14.6. The first kappa shape index (κ1) is 14.6. The van der Waals surface area contributed by atoms with Gasteiger partial charge in [-0.3, -0.25) is 4.74 Å². The molecule has 0 amide bonds. The number of halogens is 3. The van der Waals surface area contributed by atoms with Crippen molar-refractivity contribution in [3.8, 4) is 5.75 Å². The number of oxime groups is 1. The van der Waals surface area contributed by atoms with Crippen LogP contribution in [-0.2, 0) is 11.2 Å². The summed E-state index contributed by atoms with van der Waals surface area (Å²) in [5.41, 5.74) is 2.22. The summed E-state index contributed by atoms with van der Waals surface area (Å²) in [5.74, 6) is 0.508. The third-order valence-corrected chi connectivity index (χ3v) is 3.01. The number of benzene rings is 1. The molecule has 0 aliphatic heterocycles. The van der Waals surface area contributed by atoms with Crippen LogP contribution in [0.2, 0.25) is 0 Å². The molecule has 0 spiro atoms. The second kappa shape index (κ2) is 6.13. The molecule has 20 heavy (non-hydrogen) atoms. The zero-order valence-corrected chi connectivity index (χ0v) is 10.6. The van der Waals surface area contributed by atoms with E-state index < -0.39 is 13.0 Å². The molecule has 7 heteroatoms. The maximum Gasteiger partial charge on any atom is 0.522 e. The lowest BCUT2D eigenvalue weighted by Gasteiger charge is -2.20. The Bertz CT molecular complexity index is 500. The highest BCUT2D eigenvalue weighted by molar-refractivity contribution is 6.02. The SMILES string of the molecule is ON=C1CCCc2c(OCCOC(F)(F)F)cccc21. The second-order valence-electron chi connectivity index (χ2n) is 4.33. The Hall–Kier alpha value is -1.76. The molecule has 0 bridgehead atoms. The van der Waals surface area contributed by atoms with Crippen LogP contribution in [0, 0.1) is 0 Å².